The molecule has 0 aliphatic carbocycles. The van der Waals surface area contributed by atoms with E-state index in [4.69, 9.17) is 37.5 Å². The summed E-state index contributed by atoms with van der Waals surface area (Å²) in [5, 5.41) is 0. The standard InChI is InChI=1S/C52H99O14P.Na/c1-5-9-13-15-17-19-21-23-25-27-29-35-49(53)61-43-47(65-51(55)37-30-28-26-24-22-20-18-16-14-10-6-2)45-63-67(57,58)64-46-48(66-52(56)38-32-34-42-60-40-12-8-4)44-62-50(54)36-31-33-41-59-39-11-7-3;/h47-48H,5-46H2,1-4H3,(H,57,58);/q;+1/p-1/t47-,48?;/m1./s1. The zero-order chi connectivity index (χ0) is 49.3. The normalized spacial score (nSPS) is 13.0. The van der Waals surface area contributed by atoms with Crippen molar-refractivity contribution in [3.8, 4) is 0 Å². The van der Waals surface area contributed by atoms with Gasteiger partial charge in [0.05, 0.1) is 13.2 Å². The Kier molecular flexibility index (Phi) is 53.0. The fourth-order valence-electron chi connectivity index (χ4n) is 7.14. The molecular weight excluding hydrogens is 903 g/mol. The Morgan fingerprint density at radius 1 is 0.368 bits per heavy atom. The topological polar surface area (TPSA) is 182 Å². The maximum Gasteiger partial charge on any atom is 1.00 e. The number of ether oxygens (including phenoxy) is 6. The van der Waals surface area contributed by atoms with Gasteiger partial charge < -0.3 is 42.4 Å². The Morgan fingerprint density at radius 3 is 0.956 bits per heavy atom. The van der Waals surface area contributed by atoms with Crippen molar-refractivity contribution in [2.45, 2.75) is 258 Å². The van der Waals surface area contributed by atoms with Gasteiger partial charge in [0, 0.05) is 52.1 Å². The molecule has 0 rings (SSSR count). The van der Waals surface area contributed by atoms with Gasteiger partial charge in [0.25, 0.3) is 7.82 Å². The first-order chi connectivity index (χ1) is 32.6. The number of hydrogen-bond acceptors (Lipinski definition) is 14. The summed E-state index contributed by atoms with van der Waals surface area (Å²) in [6.45, 7) is 8.82. The van der Waals surface area contributed by atoms with Crippen LogP contribution in [0.3, 0.4) is 0 Å². The van der Waals surface area contributed by atoms with Gasteiger partial charge in [0.1, 0.15) is 13.2 Å². The average Bonchev–Trinajstić information content (AvgIpc) is 3.31. The molecule has 68 heavy (non-hydrogen) atoms. The van der Waals surface area contributed by atoms with Gasteiger partial charge in [0.15, 0.2) is 12.2 Å². The first-order valence-corrected chi connectivity index (χ1v) is 28.5. The van der Waals surface area contributed by atoms with Gasteiger partial charge in [-0.15, -0.1) is 0 Å². The monoisotopic (exact) mass is 1000 g/mol. The Morgan fingerprint density at radius 2 is 0.632 bits per heavy atom. The van der Waals surface area contributed by atoms with Crippen molar-refractivity contribution in [2.75, 3.05) is 52.9 Å². The maximum atomic E-state index is 13.0. The number of phosphoric acid groups is 1. The van der Waals surface area contributed by atoms with Gasteiger partial charge in [-0.3, -0.25) is 23.7 Å². The molecule has 2 unspecified atom stereocenters. The molecule has 0 aromatic heterocycles. The van der Waals surface area contributed by atoms with Crippen molar-refractivity contribution in [3.63, 3.8) is 0 Å². The van der Waals surface area contributed by atoms with Crippen molar-refractivity contribution >= 4 is 31.7 Å². The molecule has 0 aromatic carbocycles. The number of unbranched alkanes of at least 4 members (excludes halogenated alkanes) is 24. The third kappa shape index (κ3) is 49.9. The van der Waals surface area contributed by atoms with Crippen LogP contribution in [0.15, 0.2) is 0 Å². The minimum atomic E-state index is -5.09. The molecule has 0 fully saturated rings. The molecule has 0 spiro atoms. The summed E-state index contributed by atoms with van der Waals surface area (Å²) in [4.78, 5) is 63.9. The van der Waals surface area contributed by atoms with Gasteiger partial charge >= 0.3 is 53.4 Å². The van der Waals surface area contributed by atoms with Crippen LogP contribution in [0.1, 0.15) is 246 Å². The van der Waals surface area contributed by atoms with Crippen LogP contribution in [-0.2, 0) is 61.2 Å². The fourth-order valence-corrected chi connectivity index (χ4v) is 7.91. The minimum absolute atomic E-state index is 0. The second-order valence-corrected chi connectivity index (χ2v) is 19.5. The van der Waals surface area contributed by atoms with Gasteiger partial charge in [-0.1, -0.05) is 169 Å². The van der Waals surface area contributed by atoms with Crippen LogP contribution in [0.2, 0.25) is 0 Å². The molecule has 0 radical (unpaired) electrons. The average molecular weight is 1000 g/mol. The quantitative estimate of drug-likeness (QED) is 0.0185. The molecule has 0 bridgehead atoms. The van der Waals surface area contributed by atoms with E-state index in [0.717, 1.165) is 64.2 Å². The number of rotatable bonds is 52. The van der Waals surface area contributed by atoms with E-state index in [1.807, 2.05) is 0 Å². The SMILES string of the molecule is CCCCCCCCCCCCCC(=O)OC[C@H](COP(=O)([O-])OCC(COC(=O)CCCCOCCCC)OC(=O)CCCCOCCCC)OC(=O)CCCCCCCCCCCCC.[Na+]. The summed E-state index contributed by atoms with van der Waals surface area (Å²) in [6, 6.07) is 0. The van der Waals surface area contributed by atoms with Crippen LogP contribution in [0.25, 0.3) is 0 Å². The zero-order valence-corrected chi connectivity index (χ0v) is 46.9. The molecule has 16 heteroatoms. The van der Waals surface area contributed by atoms with Gasteiger partial charge in [-0.05, 0) is 51.4 Å². The van der Waals surface area contributed by atoms with Crippen molar-refractivity contribution in [3.05, 3.63) is 0 Å². The first-order valence-electron chi connectivity index (χ1n) is 27.0. The summed E-state index contributed by atoms with van der Waals surface area (Å²) in [6.07, 6.45) is 29.4. The van der Waals surface area contributed by atoms with Crippen molar-refractivity contribution in [2.24, 2.45) is 0 Å². The third-order valence-electron chi connectivity index (χ3n) is 11.4. The molecule has 0 saturated carbocycles. The molecule has 396 valence electrons. The summed E-state index contributed by atoms with van der Waals surface area (Å²) in [7, 11) is -5.09. The Hall–Kier alpha value is -1.09. The van der Waals surface area contributed by atoms with Crippen LogP contribution in [0, 0.1) is 0 Å². The molecule has 0 saturated heterocycles. The van der Waals surface area contributed by atoms with E-state index in [1.165, 1.54) is 89.9 Å². The molecule has 0 aliphatic rings. The zero-order valence-electron chi connectivity index (χ0n) is 44.0. The largest absolute Gasteiger partial charge is 1.00 e. The second-order valence-electron chi connectivity index (χ2n) is 18.0. The van der Waals surface area contributed by atoms with E-state index in [-0.39, 0.29) is 61.8 Å². The van der Waals surface area contributed by atoms with Crippen molar-refractivity contribution in [1.29, 1.82) is 0 Å². The van der Waals surface area contributed by atoms with E-state index < -0.39 is 63.7 Å². The molecule has 14 nitrogen and oxygen atoms in total. The number of phosphoric ester groups is 1. The smallest absolute Gasteiger partial charge is 0.756 e. The van der Waals surface area contributed by atoms with Crippen LogP contribution in [0.4, 0.5) is 0 Å². The van der Waals surface area contributed by atoms with Gasteiger partial charge in [-0.2, -0.15) is 0 Å². The fraction of sp³-hybridized carbons (Fsp3) is 0.923. The summed E-state index contributed by atoms with van der Waals surface area (Å²) >= 11 is 0. The molecule has 0 heterocycles. The molecule has 0 aromatic rings. The maximum absolute atomic E-state index is 13.0. The first kappa shape index (κ1) is 69.0. The Labute approximate surface area is 436 Å². The summed E-state index contributed by atoms with van der Waals surface area (Å²) in [5.41, 5.74) is 0. The molecule has 0 amide bonds. The second kappa shape index (κ2) is 52.2. The molecular formula is C52H98NaO14P. The van der Waals surface area contributed by atoms with E-state index >= 15 is 0 Å². The van der Waals surface area contributed by atoms with Gasteiger partial charge in [0.2, 0.25) is 0 Å². The van der Waals surface area contributed by atoms with Crippen LogP contribution in [0.5, 0.6) is 0 Å². The van der Waals surface area contributed by atoms with E-state index in [2.05, 4.69) is 27.7 Å². The van der Waals surface area contributed by atoms with Crippen LogP contribution in [-0.4, -0.2) is 88.9 Å². The Bertz CT molecular complexity index is 1210. The van der Waals surface area contributed by atoms with E-state index in [9.17, 15) is 28.6 Å². The minimum Gasteiger partial charge on any atom is -0.756 e. The summed E-state index contributed by atoms with van der Waals surface area (Å²) < 4.78 is 56.3. The molecule has 0 aliphatic heterocycles. The van der Waals surface area contributed by atoms with Crippen molar-refractivity contribution in [1.82, 2.24) is 0 Å². The van der Waals surface area contributed by atoms with Crippen molar-refractivity contribution < 1.29 is 95.7 Å². The molecule has 3 atom stereocenters. The number of esters is 4. The van der Waals surface area contributed by atoms with Gasteiger partial charge in [-0.25, -0.2) is 0 Å². The van der Waals surface area contributed by atoms with Crippen LogP contribution < -0.4 is 34.5 Å². The summed E-state index contributed by atoms with van der Waals surface area (Å²) in [5.74, 6) is -2.15. The number of carbonyl (C=O) groups excluding carboxylic acids is 4. The number of hydrogen-bond donors (Lipinski definition) is 0. The number of carbonyl (C=O) groups is 4. The molecule has 0 N–H and O–H groups in total. The van der Waals surface area contributed by atoms with E-state index in [0.29, 0.717) is 65.0 Å². The predicted octanol–water partition coefficient (Wildman–Crippen LogP) is 9.78. The predicted molar refractivity (Wildman–Crippen MR) is 263 cm³/mol. The Balaban J connectivity index is 0. The van der Waals surface area contributed by atoms with E-state index in [1.54, 1.807) is 0 Å². The third-order valence-corrected chi connectivity index (χ3v) is 12.3. The van der Waals surface area contributed by atoms with Crippen LogP contribution >= 0.6 is 7.82 Å².